The minimum absolute atomic E-state index is 0.00295. The van der Waals surface area contributed by atoms with Crippen LogP contribution in [0.4, 0.5) is 0 Å². The second-order valence-corrected chi connectivity index (χ2v) is 7.25. The summed E-state index contributed by atoms with van der Waals surface area (Å²) in [5, 5.41) is 25.3. The van der Waals surface area contributed by atoms with Crippen LogP contribution in [-0.2, 0) is 0 Å². The molecule has 0 amide bonds. The molecule has 0 radical (unpaired) electrons. The molecule has 0 aliphatic heterocycles. The van der Waals surface area contributed by atoms with Gasteiger partial charge in [0.25, 0.3) is 0 Å². The Balaban J connectivity index is 3.97. The van der Waals surface area contributed by atoms with Crippen molar-refractivity contribution >= 4 is 0 Å². The third-order valence-corrected chi connectivity index (χ3v) is 4.38. The molecule has 0 fully saturated rings. The molecule has 0 aliphatic carbocycles. The summed E-state index contributed by atoms with van der Waals surface area (Å²) in [5.41, 5.74) is 0.170. The Morgan fingerprint density at radius 1 is 0.900 bits per heavy atom. The van der Waals surface area contributed by atoms with Gasteiger partial charge in [-0.15, -0.1) is 0 Å². The molecule has 0 heterocycles. The standard InChI is InChI=1S/C16H36N2O2/c1-13(19)11-17-10-8-7-9-15(3,4)16(5,6)18-12-14(2)20/h13-14,17-20H,7-12H2,1-6H3. The van der Waals surface area contributed by atoms with Crippen molar-refractivity contribution in [3.8, 4) is 0 Å². The summed E-state index contributed by atoms with van der Waals surface area (Å²) < 4.78 is 0. The Kier molecular flexibility index (Phi) is 8.91. The molecule has 0 bridgehead atoms. The van der Waals surface area contributed by atoms with E-state index in [2.05, 4.69) is 38.3 Å². The normalized spacial score (nSPS) is 16.2. The third-order valence-electron chi connectivity index (χ3n) is 4.38. The SMILES string of the molecule is CC(O)CNCCCCC(C)(C)C(C)(C)NCC(C)O. The molecule has 0 rings (SSSR count). The fourth-order valence-electron chi connectivity index (χ4n) is 2.08. The molecule has 0 saturated heterocycles. The van der Waals surface area contributed by atoms with Crippen molar-refractivity contribution in [2.45, 2.75) is 78.6 Å². The maximum absolute atomic E-state index is 9.41. The van der Waals surface area contributed by atoms with Crippen molar-refractivity contribution in [1.82, 2.24) is 10.6 Å². The highest BCUT2D eigenvalue weighted by molar-refractivity contribution is 4.93. The zero-order valence-corrected chi connectivity index (χ0v) is 14.3. The van der Waals surface area contributed by atoms with Gasteiger partial charge in [-0.25, -0.2) is 0 Å². The van der Waals surface area contributed by atoms with Crippen LogP contribution in [0, 0.1) is 5.41 Å². The second kappa shape index (κ2) is 8.98. The zero-order chi connectivity index (χ0) is 15.8. The van der Waals surface area contributed by atoms with Gasteiger partial charge in [0.05, 0.1) is 12.2 Å². The second-order valence-electron chi connectivity index (χ2n) is 7.25. The van der Waals surface area contributed by atoms with Crippen LogP contribution in [0.2, 0.25) is 0 Å². The van der Waals surface area contributed by atoms with E-state index in [-0.39, 0.29) is 23.2 Å². The molecular formula is C16H36N2O2. The van der Waals surface area contributed by atoms with Gasteiger partial charge in [0.15, 0.2) is 0 Å². The summed E-state index contributed by atoms with van der Waals surface area (Å²) in [4.78, 5) is 0. The predicted octanol–water partition coefficient (Wildman–Crippen LogP) is 1.90. The van der Waals surface area contributed by atoms with Crippen LogP contribution in [0.5, 0.6) is 0 Å². The minimum Gasteiger partial charge on any atom is -0.392 e. The zero-order valence-electron chi connectivity index (χ0n) is 14.3. The van der Waals surface area contributed by atoms with Crippen LogP contribution in [0.3, 0.4) is 0 Å². The van der Waals surface area contributed by atoms with E-state index in [0.29, 0.717) is 13.1 Å². The molecule has 122 valence electrons. The van der Waals surface area contributed by atoms with Crippen molar-refractivity contribution in [2.75, 3.05) is 19.6 Å². The molecule has 4 N–H and O–H groups in total. The summed E-state index contributed by atoms with van der Waals surface area (Å²) >= 11 is 0. The Morgan fingerprint density at radius 2 is 1.45 bits per heavy atom. The highest BCUT2D eigenvalue weighted by Gasteiger charge is 2.35. The molecule has 0 spiro atoms. The predicted molar refractivity (Wildman–Crippen MR) is 85.9 cm³/mol. The highest BCUT2D eigenvalue weighted by Crippen LogP contribution is 2.35. The maximum atomic E-state index is 9.41. The van der Waals surface area contributed by atoms with Gasteiger partial charge in [0.1, 0.15) is 0 Å². The number of β-amino-alcohol motifs (C(OH)–C–C–N with tert-alkyl or cyclic N) is 1. The number of hydrogen-bond acceptors (Lipinski definition) is 4. The summed E-state index contributed by atoms with van der Waals surface area (Å²) in [5.74, 6) is 0. The lowest BCUT2D eigenvalue weighted by Gasteiger charge is -2.43. The van der Waals surface area contributed by atoms with Crippen LogP contribution in [0.25, 0.3) is 0 Å². The quantitative estimate of drug-likeness (QED) is 0.439. The van der Waals surface area contributed by atoms with Gasteiger partial charge in [0.2, 0.25) is 0 Å². The molecule has 0 aromatic carbocycles. The smallest absolute Gasteiger partial charge is 0.0636 e. The first-order valence-corrected chi connectivity index (χ1v) is 7.90. The van der Waals surface area contributed by atoms with Crippen molar-refractivity contribution in [3.63, 3.8) is 0 Å². The Hall–Kier alpha value is -0.160. The van der Waals surface area contributed by atoms with Crippen LogP contribution in [0.1, 0.15) is 60.8 Å². The molecule has 0 aromatic heterocycles. The van der Waals surface area contributed by atoms with E-state index in [1.165, 1.54) is 6.42 Å². The number of aliphatic hydroxyl groups excluding tert-OH is 2. The van der Waals surface area contributed by atoms with Crippen LogP contribution in [-0.4, -0.2) is 47.6 Å². The molecule has 0 saturated carbocycles. The summed E-state index contributed by atoms with van der Waals surface area (Å²) in [6.45, 7) is 14.9. The van der Waals surface area contributed by atoms with Gasteiger partial charge in [-0.1, -0.05) is 20.3 Å². The van der Waals surface area contributed by atoms with E-state index in [0.717, 1.165) is 19.4 Å². The first-order valence-electron chi connectivity index (χ1n) is 7.90. The minimum atomic E-state index is -0.310. The largest absolute Gasteiger partial charge is 0.392 e. The molecule has 0 aromatic rings. The van der Waals surface area contributed by atoms with E-state index >= 15 is 0 Å². The average molecular weight is 288 g/mol. The van der Waals surface area contributed by atoms with Crippen LogP contribution >= 0.6 is 0 Å². The number of rotatable bonds is 11. The fraction of sp³-hybridized carbons (Fsp3) is 1.00. The van der Waals surface area contributed by atoms with Gasteiger partial charge in [-0.2, -0.15) is 0 Å². The lowest BCUT2D eigenvalue weighted by Crippen LogP contribution is -2.53. The van der Waals surface area contributed by atoms with E-state index in [9.17, 15) is 5.11 Å². The molecule has 2 atom stereocenters. The molecule has 20 heavy (non-hydrogen) atoms. The Morgan fingerprint density at radius 3 is 1.95 bits per heavy atom. The van der Waals surface area contributed by atoms with Gasteiger partial charge in [-0.3, -0.25) is 0 Å². The van der Waals surface area contributed by atoms with E-state index in [1.54, 1.807) is 6.92 Å². The van der Waals surface area contributed by atoms with Crippen molar-refractivity contribution in [3.05, 3.63) is 0 Å². The average Bonchev–Trinajstić information content (AvgIpc) is 2.30. The van der Waals surface area contributed by atoms with E-state index < -0.39 is 0 Å². The lowest BCUT2D eigenvalue weighted by molar-refractivity contribution is 0.109. The van der Waals surface area contributed by atoms with Gasteiger partial charge in [0, 0.05) is 18.6 Å². The molecule has 4 heteroatoms. The van der Waals surface area contributed by atoms with Gasteiger partial charge in [-0.05, 0) is 52.5 Å². The number of aliphatic hydroxyl groups is 2. The van der Waals surface area contributed by atoms with Crippen LogP contribution < -0.4 is 10.6 Å². The molecule has 0 aliphatic rings. The highest BCUT2D eigenvalue weighted by atomic mass is 16.3. The van der Waals surface area contributed by atoms with Gasteiger partial charge >= 0.3 is 0 Å². The summed E-state index contributed by atoms with van der Waals surface area (Å²) in [7, 11) is 0. The van der Waals surface area contributed by atoms with E-state index in [4.69, 9.17) is 5.11 Å². The summed E-state index contributed by atoms with van der Waals surface area (Å²) in [6.07, 6.45) is 2.86. The third kappa shape index (κ3) is 8.20. The van der Waals surface area contributed by atoms with Crippen molar-refractivity contribution < 1.29 is 10.2 Å². The van der Waals surface area contributed by atoms with Gasteiger partial charge < -0.3 is 20.8 Å². The fourth-order valence-corrected chi connectivity index (χ4v) is 2.08. The molecule has 2 unspecified atom stereocenters. The van der Waals surface area contributed by atoms with Crippen LogP contribution in [0.15, 0.2) is 0 Å². The monoisotopic (exact) mass is 288 g/mol. The van der Waals surface area contributed by atoms with E-state index in [1.807, 2.05) is 6.92 Å². The topological polar surface area (TPSA) is 64.5 Å². The number of hydrogen-bond donors (Lipinski definition) is 4. The molecule has 4 nitrogen and oxygen atoms in total. The van der Waals surface area contributed by atoms with Crippen molar-refractivity contribution in [1.29, 1.82) is 0 Å². The first-order chi connectivity index (χ1) is 9.08. The number of nitrogens with one attached hydrogen (secondary N) is 2. The lowest BCUT2D eigenvalue weighted by atomic mass is 9.71. The Labute approximate surface area is 125 Å². The number of unbranched alkanes of at least 4 members (excludes halogenated alkanes) is 1. The Bertz CT molecular complexity index is 251. The summed E-state index contributed by atoms with van der Waals surface area (Å²) in [6, 6.07) is 0. The first kappa shape index (κ1) is 19.8. The molecular weight excluding hydrogens is 252 g/mol. The maximum Gasteiger partial charge on any atom is 0.0636 e. The van der Waals surface area contributed by atoms with Crippen molar-refractivity contribution in [2.24, 2.45) is 5.41 Å².